The quantitative estimate of drug-likeness (QED) is 0.835. The van der Waals surface area contributed by atoms with Crippen molar-refractivity contribution in [2.75, 3.05) is 6.54 Å². The summed E-state index contributed by atoms with van der Waals surface area (Å²) in [5.74, 6) is 0. The number of aromatic nitrogens is 2. The second-order valence-electron chi connectivity index (χ2n) is 6.12. The van der Waals surface area contributed by atoms with E-state index in [1.165, 1.54) is 11.1 Å². The van der Waals surface area contributed by atoms with Crippen LogP contribution in [0.25, 0.3) is 0 Å². The summed E-state index contributed by atoms with van der Waals surface area (Å²) in [4.78, 5) is 0. The number of nitrogens with zero attached hydrogens (tertiary/aromatic N) is 2. The lowest BCUT2D eigenvalue weighted by Gasteiger charge is -2.35. The minimum Gasteiger partial charge on any atom is -0.309 e. The fourth-order valence-corrected chi connectivity index (χ4v) is 2.91. The number of rotatable bonds is 7. The van der Waals surface area contributed by atoms with Gasteiger partial charge in [-0.1, -0.05) is 58.0 Å². The molecule has 0 aliphatic carbocycles. The van der Waals surface area contributed by atoms with Gasteiger partial charge in [0, 0.05) is 29.8 Å². The van der Waals surface area contributed by atoms with Crippen LogP contribution in [-0.4, -0.2) is 16.3 Å². The molecule has 3 heteroatoms. The lowest BCUT2D eigenvalue weighted by molar-refractivity contribution is 0.353. The van der Waals surface area contributed by atoms with E-state index in [1.807, 2.05) is 10.9 Å². The zero-order chi connectivity index (χ0) is 15.3. The van der Waals surface area contributed by atoms with Crippen LogP contribution < -0.4 is 5.32 Å². The molecule has 2 aromatic rings. The predicted molar refractivity (Wildman–Crippen MR) is 88.4 cm³/mol. The highest BCUT2D eigenvalue weighted by Crippen LogP contribution is 2.36. The van der Waals surface area contributed by atoms with E-state index in [4.69, 9.17) is 0 Å². The van der Waals surface area contributed by atoms with Gasteiger partial charge in [-0.05, 0) is 18.5 Å². The molecule has 21 heavy (non-hydrogen) atoms. The van der Waals surface area contributed by atoms with Crippen LogP contribution in [0.1, 0.15) is 51.3 Å². The summed E-state index contributed by atoms with van der Waals surface area (Å²) in [6.07, 6.45) is 5.30. The Kier molecular flexibility index (Phi) is 5.18. The molecule has 1 atom stereocenters. The average molecular weight is 285 g/mol. The molecular weight excluding hydrogens is 258 g/mol. The van der Waals surface area contributed by atoms with Crippen molar-refractivity contribution in [2.24, 2.45) is 0 Å². The first-order chi connectivity index (χ1) is 10.1. The van der Waals surface area contributed by atoms with Crippen LogP contribution in [0, 0.1) is 0 Å². The summed E-state index contributed by atoms with van der Waals surface area (Å²) in [7, 11) is 0. The zero-order valence-corrected chi connectivity index (χ0v) is 13.6. The Morgan fingerprint density at radius 2 is 1.90 bits per heavy atom. The lowest BCUT2D eigenvalue weighted by Crippen LogP contribution is -2.37. The van der Waals surface area contributed by atoms with Crippen molar-refractivity contribution in [3.8, 4) is 0 Å². The molecule has 1 aromatic carbocycles. The molecule has 3 nitrogen and oxygen atoms in total. The largest absolute Gasteiger partial charge is 0.309 e. The summed E-state index contributed by atoms with van der Waals surface area (Å²) < 4.78 is 2.04. The van der Waals surface area contributed by atoms with Gasteiger partial charge in [-0.3, -0.25) is 4.68 Å². The van der Waals surface area contributed by atoms with Crippen LogP contribution in [0.4, 0.5) is 0 Å². The molecule has 0 radical (unpaired) electrons. The van der Waals surface area contributed by atoms with Gasteiger partial charge in [0.25, 0.3) is 0 Å². The number of likely N-dealkylation sites (N-methyl/N-ethyl adjacent to an activating group) is 1. The summed E-state index contributed by atoms with van der Waals surface area (Å²) in [6, 6.07) is 11.0. The first kappa shape index (κ1) is 15.8. The average Bonchev–Trinajstić information content (AvgIpc) is 2.94. The molecule has 0 amide bonds. The molecular formula is C18H27N3. The maximum absolute atomic E-state index is 4.49. The van der Waals surface area contributed by atoms with Gasteiger partial charge in [-0.15, -0.1) is 0 Å². The van der Waals surface area contributed by atoms with E-state index in [9.17, 15) is 0 Å². The minimum atomic E-state index is 0.0113. The van der Waals surface area contributed by atoms with Gasteiger partial charge in [0.2, 0.25) is 0 Å². The first-order valence-electron chi connectivity index (χ1n) is 7.90. The van der Waals surface area contributed by atoms with Crippen molar-refractivity contribution >= 4 is 0 Å². The normalized spacial score (nSPS) is 13.3. The number of nitrogens with one attached hydrogen (secondary N) is 1. The van der Waals surface area contributed by atoms with Crippen molar-refractivity contribution < 1.29 is 0 Å². The molecule has 0 bridgehead atoms. The van der Waals surface area contributed by atoms with E-state index in [0.717, 1.165) is 19.5 Å². The second kappa shape index (κ2) is 6.90. The van der Waals surface area contributed by atoms with Crippen LogP contribution in [0.2, 0.25) is 0 Å². The minimum absolute atomic E-state index is 0.0113. The maximum atomic E-state index is 4.49. The van der Waals surface area contributed by atoms with Crippen LogP contribution in [0.3, 0.4) is 0 Å². The molecule has 1 N–H and O–H groups in total. The van der Waals surface area contributed by atoms with E-state index < -0.39 is 0 Å². The third-order valence-electron chi connectivity index (χ3n) is 4.09. The smallest absolute Gasteiger partial charge is 0.0537 e. The van der Waals surface area contributed by atoms with Crippen molar-refractivity contribution in [3.63, 3.8) is 0 Å². The van der Waals surface area contributed by atoms with Gasteiger partial charge in [0.05, 0.1) is 6.20 Å². The number of hydrogen-bond donors (Lipinski definition) is 1. The first-order valence-corrected chi connectivity index (χ1v) is 7.90. The second-order valence-corrected chi connectivity index (χ2v) is 6.12. The van der Waals surface area contributed by atoms with E-state index in [2.05, 4.69) is 74.6 Å². The Balaban J connectivity index is 2.32. The number of benzene rings is 1. The third-order valence-corrected chi connectivity index (χ3v) is 4.09. The van der Waals surface area contributed by atoms with Crippen molar-refractivity contribution in [1.82, 2.24) is 15.1 Å². The van der Waals surface area contributed by atoms with E-state index in [1.54, 1.807) is 0 Å². The predicted octanol–water partition coefficient (Wildman–Crippen LogP) is 3.92. The Morgan fingerprint density at radius 3 is 2.52 bits per heavy atom. The Hall–Kier alpha value is -1.61. The molecule has 1 aromatic heterocycles. The Bertz CT molecular complexity index is 543. The van der Waals surface area contributed by atoms with Crippen LogP contribution in [0.15, 0.2) is 42.7 Å². The highest BCUT2D eigenvalue weighted by molar-refractivity contribution is 5.30. The fraction of sp³-hybridized carbons (Fsp3) is 0.500. The molecule has 1 unspecified atom stereocenters. The monoisotopic (exact) mass is 285 g/mol. The highest BCUT2D eigenvalue weighted by atomic mass is 15.3. The SMILES string of the molecule is CCCn1cc(C(NCC)C(C)(C)c2ccccc2)cn1. The van der Waals surface area contributed by atoms with Gasteiger partial charge < -0.3 is 5.32 Å². The van der Waals surface area contributed by atoms with Crippen LogP contribution in [-0.2, 0) is 12.0 Å². The van der Waals surface area contributed by atoms with E-state index in [0.29, 0.717) is 0 Å². The summed E-state index contributed by atoms with van der Waals surface area (Å²) in [5, 5.41) is 8.13. The number of hydrogen-bond acceptors (Lipinski definition) is 2. The van der Waals surface area contributed by atoms with Gasteiger partial charge >= 0.3 is 0 Å². The maximum Gasteiger partial charge on any atom is 0.0537 e. The van der Waals surface area contributed by atoms with Gasteiger partial charge in [0.15, 0.2) is 0 Å². The van der Waals surface area contributed by atoms with E-state index >= 15 is 0 Å². The highest BCUT2D eigenvalue weighted by Gasteiger charge is 2.32. The molecule has 0 spiro atoms. The third kappa shape index (κ3) is 3.53. The van der Waals surface area contributed by atoms with Crippen LogP contribution in [0.5, 0.6) is 0 Å². The van der Waals surface area contributed by atoms with Crippen molar-refractivity contribution in [1.29, 1.82) is 0 Å². The summed E-state index contributed by atoms with van der Waals surface area (Å²) in [5.41, 5.74) is 2.62. The fourth-order valence-electron chi connectivity index (χ4n) is 2.91. The molecule has 0 saturated heterocycles. The molecule has 114 valence electrons. The number of aryl methyl sites for hydroxylation is 1. The molecule has 2 rings (SSSR count). The standard InChI is InChI=1S/C18H27N3/c1-5-12-21-14-15(13-20-21)17(19-6-2)18(3,4)16-10-8-7-9-11-16/h7-11,13-14,17,19H,5-6,12H2,1-4H3. The van der Waals surface area contributed by atoms with Crippen molar-refractivity contribution in [2.45, 2.75) is 52.1 Å². The molecule has 0 saturated carbocycles. The van der Waals surface area contributed by atoms with Gasteiger partial charge in [-0.25, -0.2) is 0 Å². The Morgan fingerprint density at radius 1 is 1.19 bits per heavy atom. The Labute approximate surface area is 128 Å². The molecule has 0 aliphatic rings. The van der Waals surface area contributed by atoms with Gasteiger partial charge in [0.1, 0.15) is 0 Å². The molecule has 0 fully saturated rings. The van der Waals surface area contributed by atoms with E-state index in [-0.39, 0.29) is 11.5 Å². The van der Waals surface area contributed by atoms with Gasteiger partial charge in [-0.2, -0.15) is 5.10 Å². The van der Waals surface area contributed by atoms with Crippen molar-refractivity contribution in [3.05, 3.63) is 53.9 Å². The van der Waals surface area contributed by atoms with Crippen LogP contribution >= 0.6 is 0 Å². The molecule has 1 heterocycles. The topological polar surface area (TPSA) is 29.9 Å². The lowest BCUT2D eigenvalue weighted by atomic mass is 9.75. The summed E-state index contributed by atoms with van der Waals surface area (Å²) >= 11 is 0. The zero-order valence-electron chi connectivity index (χ0n) is 13.6. The summed E-state index contributed by atoms with van der Waals surface area (Å²) in [6.45, 7) is 10.9. The molecule has 0 aliphatic heterocycles.